The number of methoxy groups -OCH3 is 1. The van der Waals surface area contributed by atoms with Crippen LogP contribution in [0.4, 0.5) is 0 Å². The third-order valence-electron chi connectivity index (χ3n) is 5.83. The van der Waals surface area contributed by atoms with Crippen molar-refractivity contribution in [2.45, 2.75) is 6.42 Å². The Morgan fingerprint density at radius 2 is 1.42 bits per heavy atom. The molecule has 180 valence electrons. The highest BCUT2D eigenvalue weighted by molar-refractivity contribution is 6.03. The van der Waals surface area contributed by atoms with Crippen molar-refractivity contribution in [1.82, 2.24) is 4.98 Å². The number of nitrogens with two attached hydrogens (primary N) is 1. The lowest BCUT2D eigenvalue weighted by atomic mass is 10.0. The average Bonchev–Trinajstić information content (AvgIpc) is 2.94. The number of nitrogens with zero attached hydrogens (tertiary/aromatic N) is 1. The van der Waals surface area contributed by atoms with E-state index in [0.29, 0.717) is 23.1 Å². The predicted octanol–water partition coefficient (Wildman–Crippen LogP) is 6.46. The Morgan fingerprint density at radius 3 is 2.06 bits per heavy atom. The second-order valence-corrected chi connectivity index (χ2v) is 8.21. The van der Waals surface area contributed by atoms with E-state index in [2.05, 4.69) is 17.1 Å². The van der Waals surface area contributed by atoms with Crippen LogP contribution in [0, 0.1) is 0 Å². The molecule has 0 saturated heterocycles. The van der Waals surface area contributed by atoms with Crippen molar-refractivity contribution in [2.24, 2.45) is 5.73 Å². The van der Waals surface area contributed by atoms with Crippen LogP contribution in [-0.2, 0) is 6.42 Å². The molecule has 0 aliphatic carbocycles. The maximum Gasteiger partial charge on any atom is 0.336 e. The van der Waals surface area contributed by atoms with Gasteiger partial charge in [0, 0.05) is 10.9 Å². The minimum Gasteiger partial charge on any atom is -0.497 e. The number of rotatable bonds is 6. The molecule has 5 rings (SSSR count). The van der Waals surface area contributed by atoms with E-state index in [1.807, 2.05) is 84.9 Å². The third kappa shape index (κ3) is 5.95. The maximum atomic E-state index is 11.6. The molecule has 0 fully saturated rings. The van der Waals surface area contributed by atoms with Crippen molar-refractivity contribution in [1.29, 1.82) is 0 Å². The summed E-state index contributed by atoms with van der Waals surface area (Å²) in [6.45, 7) is 0.701. The normalized spacial score (nSPS) is 10.4. The number of pyridine rings is 1. The number of carboxylic acid groups (broad SMARTS) is 1. The number of fused-ring (bicyclic) bond motifs is 1. The van der Waals surface area contributed by atoms with Gasteiger partial charge in [0.05, 0.1) is 23.9 Å². The zero-order valence-corrected chi connectivity index (χ0v) is 20.1. The van der Waals surface area contributed by atoms with Crippen LogP contribution in [0.5, 0.6) is 5.75 Å². The standard InChI is InChI=1S/C22H15NO2.C9H13NO/c24-22(25)19-14-21(23-20-9-5-4-8-18(19)20)17-12-10-16(11-13-17)15-6-2-1-3-7-15;1-11-9-4-2-8(3-5-9)6-7-10/h1-14H,(H,24,25);2-5H,6-7,10H2,1H3. The largest absolute Gasteiger partial charge is 0.497 e. The van der Waals surface area contributed by atoms with Crippen LogP contribution >= 0.6 is 0 Å². The molecular weight excluding hydrogens is 448 g/mol. The van der Waals surface area contributed by atoms with Gasteiger partial charge in [0.2, 0.25) is 0 Å². The number of benzene rings is 4. The number of para-hydroxylation sites is 1. The van der Waals surface area contributed by atoms with E-state index >= 15 is 0 Å². The van der Waals surface area contributed by atoms with Gasteiger partial charge in [-0.25, -0.2) is 9.78 Å². The molecule has 0 aliphatic rings. The average molecular weight is 477 g/mol. The number of hydrogen-bond acceptors (Lipinski definition) is 4. The number of ether oxygens (including phenoxy) is 1. The van der Waals surface area contributed by atoms with Crippen LogP contribution in [0.2, 0.25) is 0 Å². The molecule has 0 bridgehead atoms. The van der Waals surface area contributed by atoms with E-state index in [4.69, 9.17) is 10.5 Å². The number of carboxylic acids is 1. The van der Waals surface area contributed by atoms with Gasteiger partial charge in [-0.3, -0.25) is 0 Å². The first-order valence-corrected chi connectivity index (χ1v) is 11.7. The highest BCUT2D eigenvalue weighted by Crippen LogP contribution is 2.27. The summed E-state index contributed by atoms with van der Waals surface area (Å²) < 4.78 is 5.02. The monoisotopic (exact) mass is 476 g/mol. The Labute approximate surface area is 210 Å². The van der Waals surface area contributed by atoms with Gasteiger partial charge in [-0.05, 0) is 53.9 Å². The fraction of sp³-hybridized carbons (Fsp3) is 0.0968. The van der Waals surface area contributed by atoms with Gasteiger partial charge in [0.1, 0.15) is 5.75 Å². The van der Waals surface area contributed by atoms with Gasteiger partial charge in [0.15, 0.2) is 0 Å². The molecule has 0 amide bonds. The van der Waals surface area contributed by atoms with Gasteiger partial charge < -0.3 is 15.6 Å². The summed E-state index contributed by atoms with van der Waals surface area (Å²) in [4.78, 5) is 16.2. The van der Waals surface area contributed by atoms with E-state index in [1.165, 1.54) is 5.56 Å². The third-order valence-corrected chi connectivity index (χ3v) is 5.83. The van der Waals surface area contributed by atoms with Gasteiger partial charge >= 0.3 is 5.97 Å². The lowest BCUT2D eigenvalue weighted by Gasteiger charge is -2.08. The molecule has 0 saturated carbocycles. The Kier molecular flexibility index (Phi) is 8.06. The fourth-order valence-corrected chi connectivity index (χ4v) is 3.92. The number of aromatic carboxylic acids is 1. The van der Waals surface area contributed by atoms with Crippen molar-refractivity contribution in [3.05, 3.63) is 120 Å². The Bertz CT molecular complexity index is 1430. The molecule has 0 spiro atoms. The zero-order chi connectivity index (χ0) is 25.3. The molecule has 5 heteroatoms. The lowest BCUT2D eigenvalue weighted by molar-refractivity contribution is 0.0699. The fourth-order valence-electron chi connectivity index (χ4n) is 3.92. The molecule has 5 nitrogen and oxygen atoms in total. The molecular formula is C31H28N2O3. The number of carbonyl (C=O) groups is 1. The van der Waals surface area contributed by atoms with E-state index < -0.39 is 5.97 Å². The maximum absolute atomic E-state index is 11.6. The first-order valence-electron chi connectivity index (χ1n) is 11.7. The van der Waals surface area contributed by atoms with Crippen molar-refractivity contribution >= 4 is 16.9 Å². The molecule has 1 aromatic heterocycles. The van der Waals surface area contributed by atoms with Crippen LogP contribution in [0.3, 0.4) is 0 Å². The quantitative estimate of drug-likeness (QED) is 0.294. The van der Waals surface area contributed by atoms with Crippen molar-refractivity contribution < 1.29 is 14.6 Å². The highest BCUT2D eigenvalue weighted by atomic mass is 16.5. The van der Waals surface area contributed by atoms with Crippen LogP contribution in [-0.4, -0.2) is 29.7 Å². The van der Waals surface area contributed by atoms with E-state index in [9.17, 15) is 9.90 Å². The van der Waals surface area contributed by atoms with Gasteiger partial charge in [0.25, 0.3) is 0 Å². The molecule has 36 heavy (non-hydrogen) atoms. The Morgan fingerprint density at radius 1 is 0.806 bits per heavy atom. The summed E-state index contributed by atoms with van der Waals surface area (Å²) in [7, 11) is 1.66. The second kappa shape index (κ2) is 11.8. The summed E-state index contributed by atoms with van der Waals surface area (Å²) in [5.74, 6) is -0.0495. The first kappa shape index (κ1) is 24.6. The van der Waals surface area contributed by atoms with Crippen molar-refractivity contribution in [2.75, 3.05) is 13.7 Å². The van der Waals surface area contributed by atoms with E-state index in [0.717, 1.165) is 28.9 Å². The minimum atomic E-state index is -0.944. The van der Waals surface area contributed by atoms with E-state index in [1.54, 1.807) is 19.2 Å². The van der Waals surface area contributed by atoms with Crippen LogP contribution in [0.15, 0.2) is 109 Å². The molecule has 0 aliphatic heterocycles. The van der Waals surface area contributed by atoms with Crippen LogP contribution in [0.25, 0.3) is 33.3 Å². The van der Waals surface area contributed by atoms with Crippen LogP contribution in [0.1, 0.15) is 15.9 Å². The second-order valence-electron chi connectivity index (χ2n) is 8.21. The predicted molar refractivity (Wildman–Crippen MR) is 145 cm³/mol. The summed E-state index contributed by atoms with van der Waals surface area (Å²) in [5, 5.41) is 10.2. The van der Waals surface area contributed by atoms with Gasteiger partial charge in [-0.1, -0.05) is 84.9 Å². The Balaban J connectivity index is 0.000000233. The number of hydrogen-bond donors (Lipinski definition) is 2. The summed E-state index contributed by atoms with van der Waals surface area (Å²) in [5.41, 5.74) is 11.4. The van der Waals surface area contributed by atoms with Gasteiger partial charge in [-0.2, -0.15) is 0 Å². The minimum absolute atomic E-state index is 0.271. The summed E-state index contributed by atoms with van der Waals surface area (Å²) >= 11 is 0. The smallest absolute Gasteiger partial charge is 0.336 e. The van der Waals surface area contributed by atoms with Crippen LogP contribution < -0.4 is 10.5 Å². The molecule has 0 atom stereocenters. The van der Waals surface area contributed by atoms with Gasteiger partial charge in [-0.15, -0.1) is 0 Å². The van der Waals surface area contributed by atoms with Crippen molar-refractivity contribution in [3.8, 4) is 28.1 Å². The van der Waals surface area contributed by atoms with Crippen molar-refractivity contribution in [3.63, 3.8) is 0 Å². The molecule has 0 radical (unpaired) electrons. The highest BCUT2D eigenvalue weighted by Gasteiger charge is 2.12. The molecule has 3 N–H and O–H groups in total. The Hall–Kier alpha value is -4.48. The first-order chi connectivity index (χ1) is 17.6. The zero-order valence-electron chi connectivity index (χ0n) is 20.1. The molecule has 4 aromatic carbocycles. The topological polar surface area (TPSA) is 85.4 Å². The SMILES string of the molecule is COc1ccc(CCN)cc1.O=C(O)c1cc(-c2ccc(-c3ccccc3)cc2)nc2ccccc12. The molecule has 0 unspecified atom stereocenters. The van der Waals surface area contributed by atoms with E-state index in [-0.39, 0.29) is 5.56 Å². The summed E-state index contributed by atoms with van der Waals surface area (Å²) in [6, 6.07) is 35.1. The molecule has 5 aromatic rings. The number of aromatic nitrogens is 1. The molecule has 1 heterocycles. The lowest BCUT2D eigenvalue weighted by Crippen LogP contribution is -2.02. The summed E-state index contributed by atoms with van der Waals surface area (Å²) in [6.07, 6.45) is 0.935.